The zero-order valence-electron chi connectivity index (χ0n) is 10.8. The molecule has 0 bridgehead atoms. The van der Waals surface area contributed by atoms with Crippen molar-refractivity contribution in [2.75, 3.05) is 12.4 Å². The fourth-order valence-corrected chi connectivity index (χ4v) is 1.56. The molecule has 20 heavy (non-hydrogen) atoms. The van der Waals surface area contributed by atoms with Crippen LogP contribution in [0.1, 0.15) is 26.8 Å². The average Bonchev–Trinajstić information content (AvgIpc) is 2.85. The van der Waals surface area contributed by atoms with Crippen LogP contribution >= 0.6 is 0 Å². The minimum atomic E-state index is -1.10. The summed E-state index contributed by atoms with van der Waals surface area (Å²) in [5.41, 5.74) is 0.270. The van der Waals surface area contributed by atoms with Crippen LogP contribution in [0.2, 0.25) is 0 Å². The summed E-state index contributed by atoms with van der Waals surface area (Å²) in [6, 6.07) is 4.15. The number of rotatable bonds is 4. The van der Waals surface area contributed by atoms with Crippen molar-refractivity contribution in [2.45, 2.75) is 6.92 Å². The highest BCUT2D eigenvalue weighted by Gasteiger charge is 2.15. The third kappa shape index (κ3) is 2.74. The van der Waals surface area contributed by atoms with Gasteiger partial charge in [0.15, 0.2) is 0 Å². The SMILES string of the molecule is COc1ccc(C(=O)O)cc1NC(=O)c1n[nH]c(C)n1. The molecule has 1 heterocycles. The lowest BCUT2D eigenvalue weighted by molar-refractivity contribution is 0.0696. The van der Waals surface area contributed by atoms with Crippen molar-refractivity contribution < 1.29 is 19.4 Å². The fraction of sp³-hybridized carbons (Fsp3) is 0.167. The predicted molar refractivity (Wildman–Crippen MR) is 69.0 cm³/mol. The van der Waals surface area contributed by atoms with Crippen LogP contribution in [0.4, 0.5) is 5.69 Å². The maximum atomic E-state index is 11.9. The monoisotopic (exact) mass is 276 g/mol. The molecule has 0 aliphatic heterocycles. The van der Waals surface area contributed by atoms with Crippen LogP contribution in [0.15, 0.2) is 18.2 Å². The third-order valence-electron chi connectivity index (χ3n) is 2.49. The number of hydrogen-bond acceptors (Lipinski definition) is 5. The number of carboxylic acid groups (broad SMARTS) is 1. The Morgan fingerprint density at radius 2 is 2.15 bits per heavy atom. The van der Waals surface area contributed by atoms with Gasteiger partial charge in [0.2, 0.25) is 5.82 Å². The number of ether oxygens (including phenoxy) is 1. The van der Waals surface area contributed by atoms with Crippen LogP contribution in [0.3, 0.4) is 0 Å². The topological polar surface area (TPSA) is 117 Å². The second-order valence-electron chi connectivity index (χ2n) is 3.92. The van der Waals surface area contributed by atoms with E-state index in [4.69, 9.17) is 9.84 Å². The smallest absolute Gasteiger partial charge is 0.335 e. The molecule has 2 rings (SSSR count). The average molecular weight is 276 g/mol. The molecule has 0 aliphatic rings. The highest BCUT2D eigenvalue weighted by atomic mass is 16.5. The summed E-state index contributed by atoms with van der Waals surface area (Å²) in [5.74, 6) is -0.852. The maximum absolute atomic E-state index is 11.9. The standard InChI is InChI=1S/C12H12N4O4/c1-6-13-10(16-15-6)11(17)14-8-5-7(12(18)19)3-4-9(8)20-2/h3-5H,1-2H3,(H,14,17)(H,18,19)(H,13,15,16). The molecule has 0 radical (unpaired) electrons. The number of carboxylic acids is 1. The van der Waals surface area contributed by atoms with Gasteiger partial charge < -0.3 is 15.2 Å². The van der Waals surface area contributed by atoms with Crippen molar-refractivity contribution >= 4 is 17.6 Å². The van der Waals surface area contributed by atoms with Gasteiger partial charge in [-0.1, -0.05) is 0 Å². The Hall–Kier alpha value is -2.90. The van der Waals surface area contributed by atoms with Crippen LogP contribution in [-0.2, 0) is 0 Å². The van der Waals surface area contributed by atoms with Crippen molar-refractivity contribution in [2.24, 2.45) is 0 Å². The van der Waals surface area contributed by atoms with Gasteiger partial charge >= 0.3 is 5.97 Å². The van der Waals surface area contributed by atoms with Crippen molar-refractivity contribution in [3.63, 3.8) is 0 Å². The number of carbonyl (C=O) groups excluding carboxylic acids is 1. The summed E-state index contributed by atoms with van der Waals surface area (Å²) in [7, 11) is 1.42. The largest absolute Gasteiger partial charge is 0.495 e. The van der Waals surface area contributed by atoms with Gasteiger partial charge in [-0.05, 0) is 25.1 Å². The number of aromatic amines is 1. The van der Waals surface area contributed by atoms with Crippen LogP contribution in [-0.4, -0.2) is 39.3 Å². The normalized spacial score (nSPS) is 10.1. The van der Waals surface area contributed by atoms with Crippen molar-refractivity contribution in [1.82, 2.24) is 15.2 Å². The third-order valence-corrected chi connectivity index (χ3v) is 2.49. The number of aromatic carboxylic acids is 1. The zero-order chi connectivity index (χ0) is 14.7. The quantitative estimate of drug-likeness (QED) is 0.769. The van der Waals surface area contributed by atoms with E-state index in [9.17, 15) is 9.59 Å². The minimum absolute atomic E-state index is 0.0345. The van der Waals surface area contributed by atoms with Gasteiger partial charge in [-0.3, -0.25) is 9.89 Å². The number of methoxy groups -OCH3 is 1. The summed E-state index contributed by atoms with van der Waals surface area (Å²) in [5, 5.41) is 17.7. The van der Waals surface area contributed by atoms with Gasteiger partial charge in [-0.25, -0.2) is 9.78 Å². The fourth-order valence-electron chi connectivity index (χ4n) is 1.56. The molecule has 0 fully saturated rings. The highest BCUT2D eigenvalue weighted by Crippen LogP contribution is 2.25. The van der Waals surface area contributed by atoms with E-state index in [0.717, 1.165) is 0 Å². The van der Waals surface area contributed by atoms with Gasteiger partial charge in [0.05, 0.1) is 18.4 Å². The molecular weight excluding hydrogens is 264 g/mol. The molecule has 0 unspecified atom stereocenters. The molecule has 0 aliphatic carbocycles. The number of nitrogens with zero attached hydrogens (tertiary/aromatic N) is 2. The summed E-state index contributed by atoms with van der Waals surface area (Å²) in [4.78, 5) is 26.7. The van der Waals surface area contributed by atoms with Crippen molar-refractivity contribution in [3.05, 3.63) is 35.4 Å². The Morgan fingerprint density at radius 3 is 2.70 bits per heavy atom. The second kappa shape index (κ2) is 5.39. The highest BCUT2D eigenvalue weighted by molar-refractivity contribution is 6.03. The van der Waals surface area contributed by atoms with Crippen molar-refractivity contribution in [1.29, 1.82) is 0 Å². The first kappa shape index (κ1) is 13.5. The number of H-pyrrole nitrogens is 1. The molecule has 1 amide bonds. The Balaban J connectivity index is 2.29. The van der Waals surface area contributed by atoms with E-state index in [-0.39, 0.29) is 17.1 Å². The van der Waals surface area contributed by atoms with Gasteiger partial charge in [-0.2, -0.15) is 0 Å². The number of aryl methyl sites for hydroxylation is 1. The number of hydrogen-bond donors (Lipinski definition) is 3. The molecule has 0 saturated heterocycles. The Kier molecular flexibility index (Phi) is 3.65. The summed E-state index contributed by atoms with van der Waals surface area (Å²) >= 11 is 0. The molecule has 104 valence electrons. The molecule has 0 saturated carbocycles. The number of aromatic nitrogens is 3. The molecule has 3 N–H and O–H groups in total. The molecule has 2 aromatic rings. The van der Waals surface area contributed by atoms with Gasteiger partial charge in [-0.15, -0.1) is 5.10 Å². The van der Waals surface area contributed by atoms with Crippen molar-refractivity contribution in [3.8, 4) is 5.75 Å². The zero-order valence-corrected chi connectivity index (χ0v) is 10.8. The molecule has 8 heteroatoms. The molecule has 0 atom stereocenters. The van der Waals surface area contributed by atoms with Gasteiger partial charge in [0.1, 0.15) is 11.6 Å². The first-order chi connectivity index (χ1) is 9.51. The molecule has 0 spiro atoms. The first-order valence-electron chi connectivity index (χ1n) is 5.63. The second-order valence-corrected chi connectivity index (χ2v) is 3.92. The van der Waals surface area contributed by atoms with Gasteiger partial charge in [0, 0.05) is 0 Å². The predicted octanol–water partition coefficient (Wildman–Crippen LogP) is 1.07. The number of amides is 1. The molecular formula is C12H12N4O4. The minimum Gasteiger partial charge on any atom is -0.495 e. The Labute approximate surface area is 113 Å². The molecule has 1 aromatic heterocycles. The lowest BCUT2D eigenvalue weighted by atomic mass is 10.2. The van der Waals surface area contributed by atoms with E-state index in [1.54, 1.807) is 6.92 Å². The first-order valence-corrected chi connectivity index (χ1v) is 5.63. The number of nitrogens with one attached hydrogen (secondary N) is 2. The summed E-state index contributed by atoms with van der Waals surface area (Å²) < 4.78 is 5.07. The lowest BCUT2D eigenvalue weighted by Gasteiger charge is -2.09. The Bertz CT molecular complexity index is 665. The van der Waals surface area contributed by atoms with Crippen LogP contribution in [0.25, 0.3) is 0 Å². The molecule has 8 nitrogen and oxygen atoms in total. The number of anilines is 1. The van der Waals surface area contributed by atoms with Crippen LogP contribution < -0.4 is 10.1 Å². The molecule has 1 aromatic carbocycles. The summed E-state index contributed by atoms with van der Waals surface area (Å²) in [6.45, 7) is 1.66. The lowest BCUT2D eigenvalue weighted by Crippen LogP contribution is -2.15. The van der Waals surface area contributed by atoms with E-state index in [1.807, 2.05) is 0 Å². The number of benzene rings is 1. The van der Waals surface area contributed by atoms with E-state index < -0.39 is 11.9 Å². The van der Waals surface area contributed by atoms with E-state index in [0.29, 0.717) is 11.6 Å². The maximum Gasteiger partial charge on any atom is 0.335 e. The van der Waals surface area contributed by atoms with Crippen LogP contribution in [0.5, 0.6) is 5.75 Å². The summed E-state index contributed by atoms with van der Waals surface area (Å²) in [6.07, 6.45) is 0. The van der Waals surface area contributed by atoms with E-state index in [1.165, 1.54) is 25.3 Å². The van der Waals surface area contributed by atoms with Gasteiger partial charge in [0.25, 0.3) is 5.91 Å². The number of carbonyl (C=O) groups is 2. The Morgan fingerprint density at radius 1 is 1.40 bits per heavy atom. The van der Waals surface area contributed by atoms with Crippen LogP contribution in [0, 0.1) is 6.92 Å². The van der Waals surface area contributed by atoms with E-state index in [2.05, 4.69) is 20.5 Å². The van der Waals surface area contributed by atoms with E-state index >= 15 is 0 Å².